The quantitative estimate of drug-likeness (QED) is 0.873. The van der Waals surface area contributed by atoms with E-state index >= 15 is 0 Å². The predicted octanol–water partition coefficient (Wildman–Crippen LogP) is 3.02. The predicted molar refractivity (Wildman–Crippen MR) is 86.9 cm³/mol. The average molecular weight is 348 g/mol. The monoisotopic (exact) mass is 347 g/mol. The Hall–Kier alpha value is -1.65. The smallest absolute Gasteiger partial charge is 0.224 e. The van der Waals surface area contributed by atoms with Gasteiger partial charge in [-0.25, -0.2) is 0 Å². The minimum Gasteiger partial charge on any atom is -0.384 e. The molecule has 0 aromatic heterocycles. The van der Waals surface area contributed by atoms with Crippen molar-refractivity contribution in [3.63, 3.8) is 0 Å². The summed E-state index contributed by atoms with van der Waals surface area (Å²) in [6, 6.07) is 17.0. The fraction of sp³-hybridized carbons (Fsp3) is 0.235. The van der Waals surface area contributed by atoms with Gasteiger partial charge in [-0.15, -0.1) is 0 Å². The van der Waals surface area contributed by atoms with Gasteiger partial charge in [0.2, 0.25) is 5.91 Å². The van der Waals surface area contributed by atoms with E-state index in [9.17, 15) is 9.90 Å². The summed E-state index contributed by atoms with van der Waals surface area (Å²) in [4.78, 5) is 11.9. The SMILES string of the molecule is CC(O)(CNC(=O)Cc1ccccc1)c1ccc(Br)cc1. The number of benzene rings is 2. The molecule has 1 amide bonds. The van der Waals surface area contributed by atoms with Crippen molar-refractivity contribution in [1.82, 2.24) is 5.32 Å². The van der Waals surface area contributed by atoms with Gasteiger partial charge in [-0.05, 0) is 30.2 Å². The maximum Gasteiger partial charge on any atom is 0.224 e. The van der Waals surface area contributed by atoms with Crippen LogP contribution in [-0.4, -0.2) is 17.6 Å². The van der Waals surface area contributed by atoms with Gasteiger partial charge in [0.1, 0.15) is 5.60 Å². The normalized spacial score (nSPS) is 13.5. The molecule has 2 rings (SSSR count). The summed E-state index contributed by atoms with van der Waals surface area (Å²) in [7, 11) is 0. The molecular formula is C17H18BrNO2. The van der Waals surface area contributed by atoms with E-state index in [4.69, 9.17) is 0 Å². The van der Waals surface area contributed by atoms with Gasteiger partial charge in [0.15, 0.2) is 0 Å². The summed E-state index contributed by atoms with van der Waals surface area (Å²) in [6.07, 6.45) is 0.317. The van der Waals surface area contributed by atoms with Gasteiger partial charge in [-0.2, -0.15) is 0 Å². The molecule has 0 radical (unpaired) electrons. The van der Waals surface area contributed by atoms with E-state index in [0.29, 0.717) is 6.42 Å². The first-order valence-electron chi connectivity index (χ1n) is 6.76. The van der Waals surface area contributed by atoms with Gasteiger partial charge in [-0.1, -0.05) is 58.4 Å². The summed E-state index contributed by atoms with van der Waals surface area (Å²) in [6.45, 7) is 1.87. The molecule has 0 bridgehead atoms. The highest BCUT2D eigenvalue weighted by Gasteiger charge is 2.23. The summed E-state index contributed by atoms with van der Waals surface area (Å²) >= 11 is 3.36. The molecule has 2 aromatic carbocycles. The Morgan fingerprint density at radius 2 is 1.76 bits per heavy atom. The third kappa shape index (κ3) is 4.69. The third-order valence-corrected chi connectivity index (χ3v) is 3.83. The number of carbonyl (C=O) groups is 1. The molecular weight excluding hydrogens is 330 g/mol. The molecule has 2 N–H and O–H groups in total. The first-order valence-corrected chi connectivity index (χ1v) is 7.56. The van der Waals surface area contributed by atoms with Crippen LogP contribution >= 0.6 is 15.9 Å². The molecule has 0 saturated heterocycles. The van der Waals surface area contributed by atoms with E-state index in [1.54, 1.807) is 6.92 Å². The zero-order chi connectivity index (χ0) is 15.3. The minimum absolute atomic E-state index is 0.0985. The van der Waals surface area contributed by atoms with Crippen LogP contribution in [0, 0.1) is 0 Å². The number of nitrogens with one attached hydrogen (secondary N) is 1. The number of hydrogen-bond donors (Lipinski definition) is 2. The molecule has 0 aliphatic heterocycles. The van der Waals surface area contributed by atoms with E-state index in [1.165, 1.54) is 0 Å². The van der Waals surface area contributed by atoms with E-state index in [1.807, 2.05) is 54.6 Å². The zero-order valence-corrected chi connectivity index (χ0v) is 13.4. The van der Waals surface area contributed by atoms with Crippen LogP contribution in [0.5, 0.6) is 0 Å². The Morgan fingerprint density at radius 3 is 2.38 bits per heavy atom. The fourth-order valence-electron chi connectivity index (χ4n) is 2.03. The highest BCUT2D eigenvalue weighted by atomic mass is 79.9. The van der Waals surface area contributed by atoms with Crippen LogP contribution in [0.15, 0.2) is 59.1 Å². The minimum atomic E-state index is -1.09. The Labute approximate surface area is 133 Å². The maximum atomic E-state index is 11.9. The summed E-state index contributed by atoms with van der Waals surface area (Å²) in [5, 5.41) is 13.2. The van der Waals surface area contributed by atoms with Crippen LogP contribution in [0.3, 0.4) is 0 Å². The molecule has 1 unspecified atom stereocenters. The Kier molecular flexibility index (Phi) is 5.15. The van der Waals surface area contributed by atoms with E-state index in [-0.39, 0.29) is 12.5 Å². The van der Waals surface area contributed by atoms with Crippen molar-refractivity contribution in [1.29, 1.82) is 0 Å². The van der Waals surface area contributed by atoms with Gasteiger partial charge in [-0.3, -0.25) is 4.79 Å². The lowest BCUT2D eigenvalue weighted by atomic mass is 9.96. The molecule has 0 fully saturated rings. The van der Waals surface area contributed by atoms with E-state index in [2.05, 4.69) is 21.2 Å². The number of hydrogen-bond acceptors (Lipinski definition) is 2. The highest BCUT2D eigenvalue weighted by molar-refractivity contribution is 9.10. The topological polar surface area (TPSA) is 49.3 Å². The van der Waals surface area contributed by atoms with Gasteiger partial charge in [0.25, 0.3) is 0 Å². The molecule has 21 heavy (non-hydrogen) atoms. The first kappa shape index (κ1) is 15.7. The van der Waals surface area contributed by atoms with Gasteiger partial charge < -0.3 is 10.4 Å². The van der Waals surface area contributed by atoms with Crippen LogP contribution in [0.2, 0.25) is 0 Å². The van der Waals surface area contributed by atoms with E-state index < -0.39 is 5.60 Å². The summed E-state index contributed by atoms with van der Waals surface area (Å²) in [5.41, 5.74) is 0.636. The van der Waals surface area contributed by atoms with Crippen molar-refractivity contribution in [3.8, 4) is 0 Å². The Balaban J connectivity index is 1.92. The number of amides is 1. The van der Waals surface area contributed by atoms with Crippen molar-refractivity contribution in [3.05, 3.63) is 70.2 Å². The lowest BCUT2D eigenvalue weighted by Gasteiger charge is -2.24. The Bertz CT molecular complexity index is 594. The lowest BCUT2D eigenvalue weighted by molar-refractivity contribution is -0.121. The van der Waals surface area contributed by atoms with Crippen LogP contribution in [0.25, 0.3) is 0 Å². The van der Waals surface area contributed by atoms with Crippen molar-refractivity contribution < 1.29 is 9.90 Å². The molecule has 2 aromatic rings. The summed E-state index contributed by atoms with van der Waals surface area (Å²) in [5.74, 6) is -0.0985. The number of aliphatic hydroxyl groups is 1. The van der Waals surface area contributed by atoms with Crippen LogP contribution in [-0.2, 0) is 16.8 Å². The van der Waals surface area contributed by atoms with Crippen LogP contribution in [0.1, 0.15) is 18.1 Å². The number of carbonyl (C=O) groups excluding carboxylic acids is 1. The van der Waals surface area contributed by atoms with Crippen molar-refractivity contribution in [2.24, 2.45) is 0 Å². The number of rotatable bonds is 5. The van der Waals surface area contributed by atoms with Crippen LogP contribution < -0.4 is 5.32 Å². The second-order valence-corrected chi connectivity index (χ2v) is 6.14. The van der Waals surface area contributed by atoms with Gasteiger partial charge in [0.05, 0.1) is 13.0 Å². The standard InChI is InChI=1S/C17H18BrNO2/c1-17(21,14-7-9-15(18)10-8-14)12-19-16(20)11-13-5-3-2-4-6-13/h2-10,21H,11-12H2,1H3,(H,19,20). The molecule has 0 spiro atoms. The third-order valence-electron chi connectivity index (χ3n) is 3.30. The van der Waals surface area contributed by atoms with Gasteiger partial charge in [0, 0.05) is 4.47 Å². The second-order valence-electron chi connectivity index (χ2n) is 5.22. The molecule has 0 aliphatic carbocycles. The summed E-state index contributed by atoms with van der Waals surface area (Å²) < 4.78 is 0.954. The zero-order valence-electron chi connectivity index (χ0n) is 11.8. The average Bonchev–Trinajstić information content (AvgIpc) is 2.47. The number of halogens is 1. The van der Waals surface area contributed by atoms with Crippen molar-refractivity contribution in [2.75, 3.05) is 6.54 Å². The largest absolute Gasteiger partial charge is 0.384 e. The molecule has 0 aliphatic rings. The van der Waals surface area contributed by atoms with Crippen molar-refractivity contribution in [2.45, 2.75) is 18.9 Å². The van der Waals surface area contributed by atoms with Gasteiger partial charge >= 0.3 is 0 Å². The van der Waals surface area contributed by atoms with Crippen LogP contribution in [0.4, 0.5) is 0 Å². The fourth-order valence-corrected chi connectivity index (χ4v) is 2.29. The van der Waals surface area contributed by atoms with E-state index in [0.717, 1.165) is 15.6 Å². The molecule has 3 nitrogen and oxygen atoms in total. The molecule has 110 valence electrons. The molecule has 1 atom stereocenters. The first-order chi connectivity index (χ1) is 9.97. The Morgan fingerprint density at radius 1 is 1.14 bits per heavy atom. The maximum absolute atomic E-state index is 11.9. The lowest BCUT2D eigenvalue weighted by Crippen LogP contribution is -2.39. The molecule has 4 heteroatoms. The van der Waals surface area contributed by atoms with Crippen molar-refractivity contribution >= 4 is 21.8 Å². The highest BCUT2D eigenvalue weighted by Crippen LogP contribution is 2.21. The molecule has 0 heterocycles. The molecule has 0 saturated carbocycles. The second kappa shape index (κ2) is 6.87.